The van der Waals surface area contributed by atoms with Crippen molar-refractivity contribution < 1.29 is 4.79 Å². The molecule has 0 bridgehead atoms. The van der Waals surface area contributed by atoms with Gasteiger partial charge in [0.05, 0.1) is 11.0 Å². The van der Waals surface area contributed by atoms with Gasteiger partial charge in [0.25, 0.3) is 5.56 Å². The van der Waals surface area contributed by atoms with E-state index in [2.05, 4.69) is 20.4 Å². The zero-order valence-electron chi connectivity index (χ0n) is 10.4. The lowest BCUT2D eigenvalue weighted by molar-refractivity contribution is -0.117. The van der Waals surface area contributed by atoms with Crippen molar-refractivity contribution in [3.8, 4) is 0 Å². The summed E-state index contributed by atoms with van der Waals surface area (Å²) in [7, 11) is 0. The fourth-order valence-electron chi connectivity index (χ4n) is 1.83. The van der Waals surface area contributed by atoms with Crippen LogP contribution < -0.4 is 10.9 Å². The van der Waals surface area contributed by atoms with E-state index in [4.69, 9.17) is 0 Å². The summed E-state index contributed by atoms with van der Waals surface area (Å²) in [5.74, 6) is -0.0231. The van der Waals surface area contributed by atoms with Gasteiger partial charge in [0.1, 0.15) is 6.54 Å². The van der Waals surface area contributed by atoms with Crippen molar-refractivity contribution in [3.05, 3.63) is 52.9 Å². The molecule has 0 aliphatic heterocycles. The second-order valence-corrected chi connectivity index (χ2v) is 4.17. The SMILES string of the molecule is O=C(Cn1ncccc1=O)Nc1nc2ccccc2[nH]1. The summed E-state index contributed by atoms with van der Waals surface area (Å²) >= 11 is 0. The number of hydrogen-bond donors (Lipinski definition) is 2. The summed E-state index contributed by atoms with van der Waals surface area (Å²) in [6.45, 7) is -0.156. The third-order valence-corrected chi connectivity index (χ3v) is 2.73. The minimum absolute atomic E-state index is 0.156. The van der Waals surface area contributed by atoms with E-state index in [1.54, 1.807) is 0 Å². The third kappa shape index (κ3) is 2.41. The van der Waals surface area contributed by atoms with Crippen LogP contribution in [0.4, 0.5) is 5.95 Å². The van der Waals surface area contributed by atoms with E-state index in [9.17, 15) is 9.59 Å². The number of hydrogen-bond acceptors (Lipinski definition) is 4. The topological polar surface area (TPSA) is 92.7 Å². The van der Waals surface area contributed by atoms with Crippen molar-refractivity contribution in [2.24, 2.45) is 0 Å². The highest BCUT2D eigenvalue weighted by Crippen LogP contribution is 2.12. The molecule has 2 heterocycles. The first-order valence-electron chi connectivity index (χ1n) is 5.99. The molecule has 0 spiro atoms. The number of benzene rings is 1. The molecule has 1 amide bonds. The zero-order chi connectivity index (χ0) is 13.9. The highest BCUT2D eigenvalue weighted by atomic mass is 16.2. The predicted octanol–water partition coefficient (Wildman–Crippen LogP) is 0.758. The van der Waals surface area contributed by atoms with Gasteiger partial charge in [0, 0.05) is 12.3 Å². The van der Waals surface area contributed by atoms with E-state index in [-0.39, 0.29) is 18.0 Å². The summed E-state index contributed by atoms with van der Waals surface area (Å²) in [6, 6.07) is 10.3. The third-order valence-electron chi connectivity index (χ3n) is 2.73. The smallest absolute Gasteiger partial charge is 0.267 e. The fraction of sp³-hybridized carbons (Fsp3) is 0.0769. The monoisotopic (exact) mass is 269 g/mol. The van der Waals surface area contributed by atoms with E-state index in [1.165, 1.54) is 18.3 Å². The van der Waals surface area contributed by atoms with E-state index >= 15 is 0 Å². The molecular weight excluding hydrogens is 258 g/mol. The summed E-state index contributed by atoms with van der Waals surface area (Å²) in [5, 5.41) is 6.42. The minimum atomic E-state index is -0.371. The van der Waals surface area contributed by atoms with Gasteiger partial charge in [-0.25, -0.2) is 9.67 Å². The second-order valence-electron chi connectivity index (χ2n) is 4.17. The maximum Gasteiger partial charge on any atom is 0.267 e. The molecule has 0 saturated carbocycles. The first-order valence-corrected chi connectivity index (χ1v) is 5.99. The van der Waals surface area contributed by atoms with Gasteiger partial charge in [-0.3, -0.25) is 14.9 Å². The minimum Gasteiger partial charge on any atom is -0.324 e. The van der Waals surface area contributed by atoms with Gasteiger partial charge in [-0.05, 0) is 18.2 Å². The van der Waals surface area contributed by atoms with Crippen molar-refractivity contribution in [3.63, 3.8) is 0 Å². The zero-order valence-corrected chi connectivity index (χ0v) is 10.4. The van der Waals surface area contributed by atoms with E-state index in [0.717, 1.165) is 15.7 Å². The number of para-hydroxylation sites is 2. The van der Waals surface area contributed by atoms with Crippen LogP contribution >= 0.6 is 0 Å². The first-order chi connectivity index (χ1) is 9.72. The Morgan fingerprint density at radius 2 is 2.10 bits per heavy atom. The molecule has 0 fully saturated rings. The van der Waals surface area contributed by atoms with Crippen molar-refractivity contribution >= 4 is 22.9 Å². The van der Waals surface area contributed by atoms with Gasteiger partial charge in [0.15, 0.2) is 0 Å². The first kappa shape index (κ1) is 12.1. The van der Waals surface area contributed by atoms with Crippen LogP contribution in [-0.2, 0) is 11.3 Å². The number of H-pyrrole nitrogens is 1. The van der Waals surface area contributed by atoms with E-state index < -0.39 is 0 Å². The number of nitrogens with one attached hydrogen (secondary N) is 2. The molecule has 0 saturated heterocycles. The Labute approximate surface area is 113 Å². The van der Waals surface area contributed by atoms with Crippen molar-refractivity contribution in [2.45, 2.75) is 6.54 Å². The Morgan fingerprint density at radius 3 is 2.90 bits per heavy atom. The molecule has 3 aromatic rings. The van der Waals surface area contributed by atoms with Crippen LogP contribution in [0.3, 0.4) is 0 Å². The van der Waals surface area contributed by atoms with E-state index in [0.29, 0.717) is 5.95 Å². The van der Waals surface area contributed by atoms with Crippen molar-refractivity contribution in [1.29, 1.82) is 0 Å². The molecule has 0 aliphatic carbocycles. The van der Waals surface area contributed by atoms with Crippen LogP contribution in [0.25, 0.3) is 11.0 Å². The maximum atomic E-state index is 11.8. The van der Waals surface area contributed by atoms with E-state index in [1.807, 2.05) is 24.3 Å². The van der Waals surface area contributed by atoms with Crippen molar-refractivity contribution in [2.75, 3.05) is 5.32 Å². The van der Waals surface area contributed by atoms with Crippen LogP contribution in [0, 0.1) is 0 Å². The molecular formula is C13H11N5O2. The maximum absolute atomic E-state index is 11.8. The molecule has 100 valence electrons. The summed E-state index contributed by atoms with van der Waals surface area (Å²) < 4.78 is 1.08. The molecule has 0 atom stereocenters. The average molecular weight is 269 g/mol. The molecule has 20 heavy (non-hydrogen) atoms. The Morgan fingerprint density at radius 1 is 1.25 bits per heavy atom. The van der Waals surface area contributed by atoms with Gasteiger partial charge in [-0.15, -0.1) is 0 Å². The number of imidazole rings is 1. The van der Waals surface area contributed by atoms with Crippen LogP contribution in [0.5, 0.6) is 0 Å². The van der Waals surface area contributed by atoms with Crippen LogP contribution in [0.2, 0.25) is 0 Å². The quantitative estimate of drug-likeness (QED) is 0.734. The Kier molecular flexibility index (Phi) is 3.00. The highest BCUT2D eigenvalue weighted by Gasteiger charge is 2.08. The molecule has 0 aliphatic rings. The number of rotatable bonds is 3. The number of carbonyl (C=O) groups is 1. The number of nitrogens with zero attached hydrogens (tertiary/aromatic N) is 3. The molecule has 3 rings (SSSR count). The van der Waals surface area contributed by atoms with Crippen molar-refractivity contribution in [1.82, 2.24) is 19.7 Å². The van der Waals surface area contributed by atoms with Gasteiger partial charge in [-0.2, -0.15) is 5.10 Å². The number of aromatic nitrogens is 4. The molecule has 2 aromatic heterocycles. The number of fused-ring (bicyclic) bond motifs is 1. The lowest BCUT2D eigenvalue weighted by atomic mass is 10.3. The normalized spacial score (nSPS) is 10.6. The largest absolute Gasteiger partial charge is 0.324 e. The standard InChI is InChI=1S/C13H11N5O2/c19-11(8-18-12(20)6-3-7-14-18)17-13-15-9-4-1-2-5-10(9)16-13/h1-7H,8H2,(H2,15,16,17,19). The number of aromatic amines is 1. The van der Waals surface area contributed by atoms with Gasteiger partial charge < -0.3 is 4.98 Å². The summed E-state index contributed by atoms with van der Waals surface area (Å²) in [6.07, 6.45) is 1.45. The number of amides is 1. The molecule has 2 N–H and O–H groups in total. The lowest BCUT2D eigenvalue weighted by Gasteiger charge is -2.03. The number of anilines is 1. The summed E-state index contributed by atoms with van der Waals surface area (Å²) in [5.41, 5.74) is 1.27. The van der Waals surface area contributed by atoms with Crippen LogP contribution in [0.1, 0.15) is 0 Å². The molecule has 7 heteroatoms. The van der Waals surface area contributed by atoms with Gasteiger partial charge in [0.2, 0.25) is 11.9 Å². The van der Waals surface area contributed by atoms with Crippen LogP contribution in [0.15, 0.2) is 47.4 Å². The Bertz CT molecular complexity index is 787. The summed E-state index contributed by atoms with van der Waals surface area (Å²) in [4.78, 5) is 30.5. The molecule has 0 radical (unpaired) electrons. The predicted molar refractivity (Wildman–Crippen MR) is 73.2 cm³/mol. The van der Waals surface area contributed by atoms with Gasteiger partial charge in [-0.1, -0.05) is 12.1 Å². The average Bonchev–Trinajstić information content (AvgIpc) is 2.83. The fourth-order valence-corrected chi connectivity index (χ4v) is 1.83. The number of carbonyl (C=O) groups excluding carboxylic acids is 1. The van der Waals surface area contributed by atoms with Gasteiger partial charge >= 0.3 is 0 Å². The Balaban J connectivity index is 1.76. The molecule has 0 unspecified atom stereocenters. The molecule has 1 aromatic carbocycles. The molecule has 7 nitrogen and oxygen atoms in total. The Hall–Kier alpha value is -2.96. The lowest BCUT2D eigenvalue weighted by Crippen LogP contribution is -2.28. The second kappa shape index (κ2) is 4.96. The van der Waals surface area contributed by atoms with Crippen LogP contribution in [-0.4, -0.2) is 25.7 Å². The highest BCUT2D eigenvalue weighted by molar-refractivity contribution is 5.90.